The molecule has 0 unspecified atom stereocenters. The topological polar surface area (TPSA) is 108 Å². The Morgan fingerprint density at radius 1 is 1.07 bits per heavy atom. The lowest BCUT2D eigenvalue weighted by Gasteiger charge is -2.13. The third-order valence-corrected chi connectivity index (χ3v) is 6.69. The molecule has 2 heterocycles. The number of methoxy groups -OCH3 is 1. The van der Waals surface area contributed by atoms with Crippen LogP contribution in [0.2, 0.25) is 5.02 Å². The molecule has 6 rings (SSSR count). The zero-order valence-corrected chi connectivity index (χ0v) is 23.3. The lowest BCUT2D eigenvalue weighted by molar-refractivity contribution is -0.118. The van der Waals surface area contributed by atoms with Crippen LogP contribution >= 0.6 is 11.6 Å². The van der Waals surface area contributed by atoms with Crippen molar-refractivity contribution in [3.05, 3.63) is 118 Å². The molecule has 0 atom stereocenters. The van der Waals surface area contributed by atoms with Gasteiger partial charge in [-0.2, -0.15) is 9.78 Å². The van der Waals surface area contributed by atoms with Crippen LogP contribution in [-0.4, -0.2) is 35.5 Å². The van der Waals surface area contributed by atoms with Crippen LogP contribution in [0.25, 0.3) is 33.5 Å². The number of amides is 1. The molecule has 4 aromatic carbocycles. The maximum atomic E-state index is 13.6. The number of ether oxygens (including phenoxy) is 2. The van der Waals surface area contributed by atoms with E-state index < -0.39 is 23.9 Å². The van der Waals surface area contributed by atoms with Gasteiger partial charge in [0, 0.05) is 21.7 Å². The van der Waals surface area contributed by atoms with Crippen molar-refractivity contribution in [1.82, 2.24) is 9.66 Å². The number of fused-ring (bicyclic) bond motifs is 2. The summed E-state index contributed by atoms with van der Waals surface area (Å²) in [6.07, 6.45) is 1.41. The van der Waals surface area contributed by atoms with Gasteiger partial charge < -0.3 is 19.2 Å². The van der Waals surface area contributed by atoms with Crippen LogP contribution in [0.3, 0.4) is 0 Å². The van der Waals surface area contributed by atoms with Gasteiger partial charge in [0.15, 0.2) is 23.9 Å². The number of carbonyl (C=O) groups is 1. The second-order valence-corrected chi connectivity index (χ2v) is 9.77. The fourth-order valence-corrected chi connectivity index (χ4v) is 4.67. The van der Waals surface area contributed by atoms with Crippen molar-refractivity contribution in [3.63, 3.8) is 0 Å². The van der Waals surface area contributed by atoms with Gasteiger partial charge in [0.2, 0.25) is 5.82 Å². The predicted octanol–water partition coefficient (Wildman–Crippen LogP) is 6.51. The minimum atomic E-state index is -0.512. The smallest absolute Gasteiger partial charge is 0.282 e. The number of aromatic nitrogens is 2. The Hall–Kier alpha value is -5.48. The maximum absolute atomic E-state index is 13.6. The van der Waals surface area contributed by atoms with Gasteiger partial charge in [-0.25, -0.2) is 9.37 Å². The number of nitrogens with zero attached hydrogens (tertiary/aromatic N) is 3. The Morgan fingerprint density at radius 2 is 1.91 bits per heavy atom. The number of halogens is 2. The van der Waals surface area contributed by atoms with Crippen molar-refractivity contribution in [2.24, 2.45) is 5.10 Å². The molecule has 43 heavy (non-hydrogen) atoms. The molecule has 214 valence electrons. The molecule has 0 aliphatic heterocycles. The Kier molecular flexibility index (Phi) is 7.59. The second-order valence-electron chi connectivity index (χ2n) is 9.33. The average Bonchev–Trinajstić information content (AvgIpc) is 3.42. The van der Waals surface area contributed by atoms with Crippen LogP contribution in [-0.2, 0) is 4.79 Å². The number of hydrogen-bond donors (Lipinski definition) is 1. The standard InChI is InChI=1S/C32H22ClFN4O5/c1-41-27-11-4-6-19(30(27)42-18-29(39)36-23-8-5-7-22(34)16-23)17-35-38-31(37-25-10-3-2-9-24(25)32(38)40)28-15-20-14-21(33)12-13-26(20)43-28/h2-17H,18H2,1H3,(H,36,39). The first-order valence-corrected chi connectivity index (χ1v) is 13.4. The summed E-state index contributed by atoms with van der Waals surface area (Å²) in [5.74, 6) is 0.0408. The van der Waals surface area contributed by atoms with E-state index in [9.17, 15) is 14.0 Å². The van der Waals surface area contributed by atoms with Gasteiger partial charge in [-0.05, 0) is 66.7 Å². The molecule has 0 saturated carbocycles. The van der Waals surface area contributed by atoms with E-state index in [4.69, 9.17) is 25.5 Å². The predicted molar refractivity (Wildman–Crippen MR) is 163 cm³/mol. The number of para-hydroxylation sites is 2. The number of carbonyl (C=O) groups excluding carboxylic acids is 1. The Morgan fingerprint density at radius 3 is 2.74 bits per heavy atom. The zero-order chi connectivity index (χ0) is 29.9. The molecule has 2 aromatic heterocycles. The Bertz CT molecular complexity index is 2090. The highest BCUT2D eigenvalue weighted by Crippen LogP contribution is 2.31. The third kappa shape index (κ3) is 5.81. The van der Waals surface area contributed by atoms with Crippen LogP contribution in [0.1, 0.15) is 5.56 Å². The second kappa shape index (κ2) is 11.8. The van der Waals surface area contributed by atoms with E-state index in [2.05, 4.69) is 15.4 Å². The van der Waals surface area contributed by atoms with E-state index in [-0.39, 0.29) is 11.6 Å². The number of rotatable bonds is 8. The van der Waals surface area contributed by atoms with Gasteiger partial charge >= 0.3 is 0 Å². The summed E-state index contributed by atoms with van der Waals surface area (Å²) in [7, 11) is 1.46. The maximum Gasteiger partial charge on any atom is 0.282 e. The summed E-state index contributed by atoms with van der Waals surface area (Å²) in [6, 6.07) is 24.4. The molecule has 0 saturated heterocycles. The van der Waals surface area contributed by atoms with Crippen LogP contribution in [0.5, 0.6) is 11.5 Å². The van der Waals surface area contributed by atoms with Crippen molar-refractivity contribution >= 4 is 51.3 Å². The van der Waals surface area contributed by atoms with Gasteiger partial charge in [0.1, 0.15) is 11.4 Å². The summed E-state index contributed by atoms with van der Waals surface area (Å²) in [5, 5.41) is 8.70. The van der Waals surface area contributed by atoms with Crippen LogP contribution in [0.15, 0.2) is 105 Å². The minimum Gasteiger partial charge on any atom is -0.493 e. The SMILES string of the molecule is COc1cccc(C=Nn2c(-c3cc4cc(Cl)ccc4o3)nc3ccccc3c2=O)c1OCC(=O)Nc1cccc(F)c1. The van der Waals surface area contributed by atoms with E-state index >= 15 is 0 Å². The minimum absolute atomic E-state index is 0.173. The monoisotopic (exact) mass is 596 g/mol. The largest absolute Gasteiger partial charge is 0.493 e. The van der Waals surface area contributed by atoms with Crippen molar-refractivity contribution in [2.75, 3.05) is 19.0 Å². The lowest BCUT2D eigenvalue weighted by atomic mass is 10.2. The molecule has 11 heteroatoms. The van der Waals surface area contributed by atoms with Crippen LogP contribution in [0, 0.1) is 5.82 Å². The number of furan rings is 1. The highest BCUT2D eigenvalue weighted by molar-refractivity contribution is 6.31. The number of nitrogens with one attached hydrogen (secondary N) is 1. The Balaban J connectivity index is 1.37. The van der Waals surface area contributed by atoms with Crippen molar-refractivity contribution < 1.29 is 23.1 Å². The fourth-order valence-electron chi connectivity index (χ4n) is 4.49. The Labute approximate surface area is 248 Å². The molecule has 1 N–H and O–H groups in total. The highest BCUT2D eigenvalue weighted by Gasteiger charge is 2.18. The van der Waals surface area contributed by atoms with E-state index in [1.54, 1.807) is 72.8 Å². The summed E-state index contributed by atoms with van der Waals surface area (Å²) in [6.45, 7) is -0.401. The number of hydrogen-bond acceptors (Lipinski definition) is 7. The molecule has 0 radical (unpaired) electrons. The molecule has 0 bridgehead atoms. The summed E-state index contributed by atoms with van der Waals surface area (Å²) in [5.41, 5.74) is 1.33. The average molecular weight is 597 g/mol. The number of anilines is 1. The van der Waals surface area contributed by atoms with Crippen molar-refractivity contribution in [1.29, 1.82) is 0 Å². The van der Waals surface area contributed by atoms with Gasteiger partial charge in [-0.15, -0.1) is 0 Å². The number of benzene rings is 4. The van der Waals surface area contributed by atoms with E-state index in [0.717, 1.165) is 10.1 Å². The molecule has 0 fully saturated rings. The van der Waals surface area contributed by atoms with Crippen molar-refractivity contribution in [2.45, 2.75) is 0 Å². The molecular formula is C32H22ClFN4O5. The van der Waals surface area contributed by atoms with E-state index in [0.29, 0.717) is 44.3 Å². The van der Waals surface area contributed by atoms with Crippen LogP contribution < -0.4 is 20.3 Å². The molecule has 6 aromatic rings. The molecule has 0 aliphatic carbocycles. The molecule has 1 amide bonds. The van der Waals surface area contributed by atoms with Crippen molar-refractivity contribution in [3.8, 4) is 23.1 Å². The van der Waals surface area contributed by atoms with Gasteiger partial charge in [-0.1, -0.05) is 35.9 Å². The highest BCUT2D eigenvalue weighted by atomic mass is 35.5. The zero-order valence-electron chi connectivity index (χ0n) is 22.6. The first kappa shape index (κ1) is 27.7. The van der Waals surface area contributed by atoms with Gasteiger partial charge in [0.25, 0.3) is 11.5 Å². The molecule has 0 spiro atoms. The molecular weight excluding hydrogens is 575 g/mol. The van der Waals surface area contributed by atoms with Gasteiger partial charge in [0.05, 0.1) is 24.2 Å². The molecule has 0 aliphatic rings. The van der Waals surface area contributed by atoms with Gasteiger partial charge in [-0.3, -0.25) is 9.59 Å². The summed E-state index contributed by atoms with van der Waals surface area (Å²) < 4.78 is 31.9. The first-order chi connectivity index (χ1) is 20.9. The first-order valence-electron chi connectivity index (χ1n) is 13.0. The van der Waals surface area contributed by atoms with E-state index in [1.165, 1.54) is 31.5 Å². The third-order valence-electron chi connectivity index (χ3n) is 6.45. The summed E-state index contributed by atoms with van der Waals surface area (Å²) in [4.78, 5) is 30.9. The fraction of sp³-hybridized carbons (Fsp3) is 0.0625. The molecule has 9 nitrogen and oxygen atoms in total. The van der Waals surface area contributed by atoms with E-state index in [1.807, 2.05) is 0 Å². The quantitative estimate of drug-likeness (QED) is 0.201. The normalized spacial score (nSPS) is 11.3. The van der Waals surface area contributed by atoms with Crippen LogP contribution in [0.4, 0.5) is 10.1 Å². The summed E-state index contributed by atoms with van der Waals surface area (Å²) >= 11 is 6.16. The lowest BCUT2D eigenvalue weighted by Crippen LogP contribution is -2.21.